The van der Waals surface area contributed by atoms with E-state index in [0.29, 0.717) is 22.9 Å². The summed E-state index contributed by atoms with van der Waals surface area (Å²) in [6.07, 6.45) is 0.354. The Morgan fingerprint density at radius 2 is 2.18 bits per heavy atom. The zero-order valence-electron chi connectivity index (χ0n) is 8.75. The molecule has 0 saturated carbocycles. The summed E-state index contributed by atoms with van der Waals surface area (Å²) in [5.74, 6) is 0.383. The van der Waals surface area contributed by atoms with E-state index < -0.39 is 0 Å². The third-order valence-corrected chi connectivity index (χ3v) is 2.99. The Labute approximate surface area is 102 Å². The summed E-state index contributed by atoms with van der Waals surface area (Å²) < 4.78 is 0. The summed E-state index contributed by atoms with van der Waals surface area (Å²) >= 11 is 6.12. The molecule has 1 amide bonds. The van der Waals surface area contributed by atoms with Crippen molar-refractivity contribution >= 4 is 29.0 Å². The van der Waals surface area contributed by atoms with Crippen molar-refractivity contribution in [3.63, 3.8) is 0 Å². The largest absolute Gasteiger partial charge is 0.382 e. The molecule has 6 heteroatoms. The van der Waals surface area contributed by atoms with E-state index in [-0.39, 0.29) is 5.91 Å². The van der Waals surface area contributed by atoms with E-state index in [1.807, 2.05) is 6.07 Å². The molecule has 0 spiro atoms. The van der Waals surface area contributed by atoms with Crippen LogP contribution in [-0.4, -0.2) is 16.1 Å². The van der Waals surface area contributed by atoms with Crippen LogP contribution in [0, 0.1) is 0 Å². The molecule has 1 aromatic heterocycles. The molecule has 4 N–H and O–H groups in total. The number of anilines is 2. The highest BCUT2D eigenvalue weighted by molar-refractivity contribution is 6.34. The highest BCUT2D eigenvalue weighted by Gasteiger charge is 2.21. The van der Waals surface area contributed by atoms with Gasteiger partial charge < -0.3 is 11.1 Å². The molecular weight excluding hydrogens is 240 g/mol. The minimum absolute atomic E-state index is 0.0387. The van der Waals surface area contributed by atoms with E-state index in [1.165, 1.54) is 0 Å². The van der Waals surface area contributed by atoms with Crippen molar-refractivity contribution in [2.75, 3.05) is 11.1 Å². The molecule has 5 nitrogen and oxygen atoms in total. The number of aromatic nitrogens is 2. The van der Waals surface area contributed by atoms with Gasteiger partial charge in [-0.15, -0.1) is 0 Å². The normalized spacial score (nSPS) is 13.6. The monoisotopic (exact) mass is 248 g/mol. The Morgan fingerprint density at radius 1 is 1.35 bits per heavy atom. The van der Waals surface area contributed by atoms with Crippen LogP contribution in [0.4, 0.5) is 11.5 Å². The molecule has 0 bridgehead atoms. The predicted octanol–water partition coefficient (Wildman–Crippen LogP) is 1.81. The molecule has 2 heterocycles. The third-order valence-electron chi connectivity index (χ3n) is 2.70. The van der Waals surface area contributed by atoms with Gasteiger partial charge in [0.1, 0.15) is 5.82 Å². The lowest BCUT2D eigenvalue weighted by Gasteiger charge is -2.04. The highest BCUT2D eigenvalue weighted by Crippen LogP contribution is 2.35. The Hall–Kier alpha value is -2.01. The van der Waals surface area contributed by atoms with Gasteiger partial charge in [0.05, 0.1) is 22.8 Å². The fraction of sp³-hybridized carbons (Fsp3) is 0.0909. The number of nitrogens with one attached hydrogen (secondary N) is 2. The Kier molecular flexibility index (Phi) is 2.09. The first-order valence-electron chi connectivity index (χ1n) is 5.07. The predicted molar refractivity (Wildman–Crippen MR) is 65.8 cm³/mol. The number of nitrogens with zero attached hydrogens (tertiary/aromatic N) is 1. The van der Waals surface area contributed by atoms with Gasteiger partial charge in [-0.05, 0) is 17.7 Å². The summed E-state index contributed by atoms with van der Waals surface area (Å²) in [4.78, 5) is 11.3. The number of fused-ring (bicyclic) bond motifs is 1. The summed E-state index contributed by atoms with van der Waals surface area (Å²) in [6.45, 7) is 0. The summed E-state index contributed by atoms with van der Waals surface area (Å²) in [7, 11) is 0. The second-order valence-electron chi connectivity index (χ2n) is 3.92. The first-order valence-corrected chi connectivity index (χ1v) is 5.45. The zero-order valence-corrected chi connectivity index (χ0v) is 9.51. The van der Waals surface area contributed by atoms with Crippen molar-refractivity contribution in [3.8, 4) is 11.3 Å². The number of nitrogen functional groups attached to an aromatic ring is 1. The van der Waals surface area contributed by atoms with Crippen LogP contribution in [0.25, 0.3) is 11.3 Å². The molecular formula is C11H9ClN4O. The number of aromatic amines is 1. The number of hydrogen-bond acceptors (Lipinski definition) is 3. The van der Waals surface area contributed by atoms with Crippen LogP contribution in [0.15, 0.2) is 18.2 Å². The molecule has 1 aliphatic rings. The number of rotatable bonds is 1. The molecule has 2 aromatic rings. The van der Waals surface area contributed by atoms with Crippen LogP contribution < -0.4 is 11.1 Å². The van der Waals surface area contributed by atoms with E-state index in [2.05, 4.69) is 15.5 Å². The number of benzene rings is 1. The molecule has 17 heavy (non-hydrogen) atoms. The van der Waals surface area contributed by atoms with Gasteiger partial charge in [-0.1, -0.05) is 11.6 Å². The maximum Gasteiger partial charge on any atom is 0.228 e. The molecule has 0 radical (unpaired) electrons. The number of H-pyrrole nitrogens is 1. The topological polar surface area (TPSA) is 83.8 Å². The SMILES string of the molecule is Nc1cc(-c2cc(Cl)c3c(c2)CC(=O)N3)[nH]n1. The van der Waals surface area contributed by atoms with Gasteiger partial charge in [-0.3, -0.25) is 9.89 Å². The van der Waals surface area contributed by atoms with Crippen molar-refractivity contribution in [3.05, 3.63) is 28.8 Å². The molecule has 0 aliphatic carbocycles. The lowest BCUT2D eigenvalue weighted by atomic mass is 10.1. The minimum Gasteiger partial charge on any atom is -0.382 e. The van der Waals surface area contributed by atoms with Crippen LogP contribution in [-0.2, 0) is 11.2 Å². The first-order chi connectivity index (χ1) is 8.13. The number of halogens is 1. The van der Waals surface area contributed by atoms with Crippen LogP contribution >= 0.6 is 11.6 Å². The zero-order chi connectivity index (χ0) is 12.0. The number of carbonyl (C=O) groups is 1. The number of amides is 1. The van der Waals surface area contributed by atoms with Gasteiger partial charge in [0.15, 0.2) is 0 Å². The fourth-order valence-electron chi connectivity index (χ4n) is 1.94. The summed E-state index contributed by atoms with van der Waals surface area (Å²) in [6, 6.07) is 5.41. The van der Waals surface area contributed by atoms with E-state index in [9.17, 15) is 4.79 Å². The van der Waals surface area contributed by atoms with E-state index in [0.717, 1.165) is 16.8 Å². The van der Waals surface area contributed by atoms with Crippen LogP contribution in [0.5, 0.6) is 0 Å². The summed E-state index contributed by atoms with van der Waals surface area (Å²) in [5.41, 5.74) is 8.80. The highest BCUT2D eigenvalue weighted by atomic mass is 35.5. The smallest absolute Gasteiger partial charge is 0.228 e. The lowest BCUT2D eigenvalue weighted by Crippen LogP contribution is -2.03. The van der Waals surface area contributed by atoms with E-state index in [4.69, 9.17) is 17.3 Å². The minimum atomic E-state index is -0.0387. The van der Waals surface area contributed by atoms with Gasteiger partial charge in [0.2, 0.25) is 5.91 Å². The molecule has 3 rings (SSSR count). The third kappa shape index (κ3) is 1.64. The summed E-state index contributed by atoms with van der Waals surface area (Å²) in [5, 5.41) is 9.92. The molecule has 0 unspecified atom stereocenters. The van der Waals surface area contributed by atoms with Crippen molar-refractivity contribution in [2.24, 2.45) is 0 Å². The van der Waals surface area contributed by atoms with Gasteiger partial charge in [-0.2, -0.15) is 5.10 Å². The van der Waals surface area contributed by atoms with Crippen molar-refractivity contribution in [1.29, 1.82) is 0 Å². The maximum absolute atomic E-state index is 11.3. The molecule has 86 valence electrons. The van der Waals surface area contributed by atoms with Crippen LogP contribution in [0.1, 0.15) is 5.56 Å². The fourth-order valence-corrected chi connectivity index (χ4v) is 2.23. The van der Waals surface area contributed by atoms with Gasteiger partial charge in [0, 0.05) is 11.6 Å². The van der Waals surface area contributed by atoms with Crippen molar-refractivity contribution < 1.29 is 4.79 Å². The van der Waals surface area contributed by atoms with E-state index >= 15 is 0 Å². The number of hydrogen-bond donors (Lipinski definition) is 3. The molecule has 1 aromatic carbocycles. The van der Waals surface area contributed by atoms with Crippen LogP contribution in [0.3, 0.4) is 0 Å². The Bertz CT molecular complexity index is 620. The quantitative estimate of drug-likeness (QED) is 0.720. The van der Waals surface area contributed by atoms with Crippen molar-refractivity contribution in [2.45, 2.75) is 6.42 Å². The first kappa shape index (κ1) is 10.2. The second kappa shape index (κ2) is 3.49. The number of carbonyl (C=O) groups excluding carboxylic acids is 1. The second-order valence-corrected chi connectivity index (χ2v) is 4.33. The van der Waals surface area contributed by atoms with Crippen molar-refractivity contribution in [1.82, 2.24) is 10.2 Å². The average Bonchev–Trinajstić information content (AvgIpc) is 2.83. The van der Waals surface area contributed by atoms with Gasteiger partial charge in [0.25, 0.3) is 0 Å². The lowest BCUT2D eigenvalue weighted by molar-refractivity contribution is -0.115. The Morgan fingerprint density at radius 3 is 2.88 bits per heavy atom. The maximum atomic E-state index is 11.3. The number of nitrogens with two attached hydrogens (primary N) is 1. The Balaban J connectivity index is 2.12. The molecule has 0 atom stereocenters. The van der Waals surface area contributed by atoms with E-state index in [1.54, 1.807) is 12.1 Å². The standard InChI is InChI=1S/C11H9ClN4O/c12-7-2-5(8-4-9(13)16-15-8)1-6-3-10(17)14-11(6)7/h1-2,4H,3H2,(H,14,17)(H3,13,15,16). The van der Waals surface area contributed by atoms with Gasteiger partial charge in [-0.25, -0.2) is 0 Å². The molecule has 0 saturated heterocycles. The van der Waals surface area contributed by atoms with Crippen LogP contribution in [0.2, 0.25) is 5.02 Å². The van der Waals surface area contributed by atoms with Gasteiger partial charge >= 0.3 is 0 Å². The molecule has 1 aliphatic heterocycles. The molecule has 0 fully saturated rings. The average molecular weight is 249 g/mol.